The number of piperidine rings is 2. The van der Waals surface area contributed by atoms with Gasteiger partial charge in [-0.2, -0.15) is 0 Å². The summed E-state index contributed by atoms with van der Waals surface area (Å²) >= 11 is 0. The quantitative estimate of drug-likeness (QED) is 0.212. The molecule has 0 radical (unpaired) electrons. The summed E-state index contributed by atoms with van der Waals surface area (Å²) in [5, 5.41) is 8.53. The van der Waals surface area contributed by atoms with E-state index in [1.807, 2.05) is 35.0 Å². The number of nitrogens with zero attached hydrogens (tertiary/aromatic N) is 9. The number of benzene rings is 2. The molecule has 4 fully saturated rings. The predicted octanol–water partition coefficient (Wildman–Crippen LogP) is 5.77. The highest BCUT2D eigenvalue weighted by Crippen LogP contribution is 2.36. The number of carbonyl (C=O) groups is 1. The van der Waals surface area contributed by atoms with Gasteiger partial charge in [0.2, 0.25) is 0 Å². The van der Waals surface area contributed by atoms with Crippen LogP contribution in [0.1, 0.15) is 71.6 Å². The topological polar surface area (TPSA) is 88.4 Å². The van der Waals surface area contributed by atoms with Crippen LogP contribution in [-0.2, 0) is 13.1 Å². The summed E-state index contributed by atoms with van der Waals surface area (Å²) < 4.78 is 16.0. The number of carbonyl (C=O) groups excluding carboxylic acids is 1. The van der Waals surface area contributed by atoms with E-state index in [0.717, 1.165) is 137 Å². The molecule has 0 spiro atoms. The van der Waals surface area contributed by atoms with Crippen molar-refractivity contribution in [1.29, 1.82) is 0 Å². The van der Waals surface area contributed by atoms with Gasteiger partial charge in [0.15, 0.2) is 5.65 Å². The maximum Gasteiger partial charge on any atom is 0.254 e. The average Bonchev–Trinajstić information content (AvgIpc) is 3.99. The molecule has 1 N–H and O–H groups in total. The van der Waals surface area contributed by atoms with Crippen LogP contribution in [0.2, 0.25) is 0 Å². The van der Waals surface area contributed by atoms with Crippen LogP contribution in [0.3, 0.4) is 0 Å². The maximum absolute atomic E-state index is 14.1. The Balaban J connectivity index is 0.746. The van der Waals surface area contributed by atoms with E-state index in [0.29, 0.717) is 12.1 Å². The van der Waals surface area contributed by atoms with Crippen LogP contribution in [0.15, 0.2) is 79.0 Å². The summed E-state index contributed by atoms with van der Waals surface area (Å²) in [7, 11) is 0. The van der Waals surface area contributed by atoms with Crippen molar-refractivity contribution in [1.82, 2.24) is 39.6 Å². The van der Waals surface area contributed by atoms with Gasteiger partial charge in [-0.25, -0.2) is 18.9 Å². The number of hydrogen-bond acceptors (Lipinski definition) is 9. The largest absolute Gasteiger partial charge is 0.354 e. The first-order valence-electron chi connectivity index (χ1n) is 20.7. The number of fused-ring (bicyclic) bond motifs is 2. The number of hydrogen-bond donors (Lipinski definition) is 1. The zero-order valence-corrected chi connectivity index (χ0v) is 32.1. The molecule has 5 aliphatic heterocycles. The third-order valence-corrected chi connectivity index (χ3v) is 13.0. The highest BCUT2D eigenvalue weighted by atomic mass is 19.1. The van der Waals surface area contributed by atoms with Crippen molar-refractivity contribution in [3.8, 4) is 11.4 Å². The van der Waals surface area contributed by atoms with E-state index in [9.17, 15) is 9.18 Å². The number of piperazine rings is 1. The molecule has 5 aromatic rings. The first-order valence-corrected chi connectivity index (χ1v) is 20.7. The van der Waals surface area contributed by atoms with Crippen LogP contribution in [0.4, 0.5) is 16.0 Å². The van der Waals surface area contributed by atoms with Crippen LogP contribution in [0, 0.1) is 5.82 Å². The lowest BCUT2D eigenvalue weighted by Gasteiger charge is -2.43. The minimum absolute atomic E-state index is 0.0927. The van der Waals surface area contributed by atoms with Gasteiger partial charge in [0.1, 0.15) is 23.1 Å². The summed E-state index contributed by atoms with van der Waals surface area (Å²) in [5.41, 5.74) is 6.90. The first-order chi connectivity index (χ1) is 27.5. The summed E-state index contributed by atoms with van der Waals surface area (Å²) in [4.78, 5) is 35.0. The van der Waals surface area contributed by atoms with Crippen molar-refractivity contribution in [3.05, 3.63) is 107 Å². The number of pyridine rings is 1. The molecule has 56 heavy (non-hydrogen) atoms. The fourth-order valence-corrected chi connectivity index (χ4v) is 9.94. The van der Waals surface area contributed by atoms with E-state index in [1.54, 1.807) is 12.1 Å². The highest BCUT2D eigenvalue weighted by molar-refractivity contribution is 5.98. The zero-order valence-electron chi connectivity index (χ0n) is 32.1. The second-order valence-electron chi connectivity index (χ2n) is 16.3. The molecule has 2 aromatic carbocycles. The Bertz CT molecular complexity index is 2200. The molecule has 11 nitrogen and oxygen atoms in total. The Morgan fingerprint density at radius 3 is 2.50 bits per heavy atom. The van der Waals surface area contributed by atoms with Gasteiger partial charge in [-0.3, -0.25) is 14.6 Å². The molecule has 5 aliphatic rings. The lowest BCUT2D eigenvalue weighted by Crippen LogP contribution is -2.53. The lowest BCUT2D eigenvalue weighted by molar-refractivity contribution is 0.0674. The summed E-state index contributed by atoms with van der Waals surface area (Å²) in [6, 6.07) is 24.8. The number of amides is 1. The summed E-state index contributed by atoms with van der Waals surface area (Å²) in [6.45, 7) is 10.7. The standard InChI is InChI=1S/C44H51FN10O/c45-34-6-1-5-32(26-34)39-9-4-18-53(39)43-14-13-41-47-28-40(55(41)49-43)38-8-2-10-42(48-38)52-23-21-51(22-24-52)35-15-19-50(20-16-35)29-31-11-12-37-33(25-31)30-54(44(37)56)36-7-3-17-46-27-36/h1-2,5-6,8,10-14,25-26,28,35-36,39,46H,3-4,7,9,15-24,27,29-30H2/t36?,39-/m1/s1. The van der Waals surface area contributed by atoms with Crippen molar-refractivity contribution in [2.75, 3.05) is 68.7 Å². The smallest absolute Gasteiger partial charge is 0.254 e. The SMILES string of the molecule is O=C1c2ccc(CN3CCC(N4CCN(c5cccc(-c6cnc7ccc(N8CCC[C@@H]8c8cccc(F)c8)nn67)n5)CC4)CC3)cc2CN1C1CCCNC1. The van der Waals surface area contributed by atoms with E-state index in [2.05, 4.69) is 65.1 Å². The lowest BCUT2D eigenvalue weighted by atomic mass is 10.0. The molecule has 10 rings (SSSR count). The Morgan fingerprint density at radius 2 is 1.66 bits per heavy atom. The van der Waals surface area contributed by atoms with Crippen LogP contribution in [0.25, 0.3) is 17.0 Å². The van der Waals surface area contributed by atoms with Gasteiger partial charge >= 0.3 is 0 Å². The third-order valence-electron chi connectivity index (χ3n) is 13.0. The molecule has 0 aliphatic carbocycles. The normalized spacial score (nSPS) is 22.7. The monoisotopic (exact) mass is 754 g/mol. The second-order valence-corrected chi connectivity index (χ2v) is 16.3. The van der Waals surface area contributed by atoms with Crippen LogP contribution < -0.4 is 15.1 Å². The Kier molecular flexibility index (Phi) is 9.64. The van der Waals surface area contributed by atoms with E-state index < -0.39 is 0 Å². The Morgan fingerprint density at radius 1 is 0.786 bits per heavy atom. The molecule has 0 bridgehead atoms. The van der Waals surface area contributed by atoms with Gasteiger partial charge in [0, 0.05) is 70.0 Å². The van der Waals surface area contributed by atoms with Crippen LogP contribution >= 0.6 is 0 Å². The second kappa shape index (κ2) is 15.2. The van der Waals surface area contributed by atoms with Gasteiger partial charge < -0.3 is 20.0 Å². The van der Waals surface area contributed by atoms with E-state index >= 15 is 0 Å². The number of anilines is 2. The van der Waals surface area contributed by atoms with Crippen molar-refractivity contribution < 1.29 is 9.18 Å². The minimum Gasteiger partial charge on any atom is -0.354 e. The molecule has 4 saturated heterocycles. The van der Waals surface area contributed by atoms with Crippen molar-refractivity contribution >= 4 is 23.2 Å². The molecule has 0 saturated carbocycles. The zero-order chi connectivity index (χ0) is 37.6. The molecule has 2 atom stereocenters. The molecule has 3 aromatic heterocycles. The highest BCUT2D eigenvalue weighted by Gasteiger charge is 2.34. The Hall–Kier alpha value is -4.91. The minimum atomic E-state index is -0.203. The van der Waals surface area contributed by atoms with Crippen LogP contribution in [-0.4, -0.2) is 111 Å². The maximum atomic E-state index is 14.1. The molecular weight excluding hydrogens is 704 g/mol. The van der Waals surface area contributed by atoms with Gasteiger partial charge in [-0.05, 0) is 117 Å². The number of rotatable bonds is 8. The number of aromatic nitrogens is 4. The molecule has 8 heterocycles. The summed E-state index contributed by atoms with van der Waals surface area (Å²) in [5.74, 6) is 1.86. The molecule has 1 amide bonds. The van der Waals surface area contributed by atoms with Crippen LogP contribution in [0.5, 0.6) is 0 Å². The van der Waals surface area contributed by atoms with Gasteiger partial charge in [0.25, 0.3) is 5.91 Å². The first kappa shape index (κ1) is 35.5. The predicted molar refractivity (Wildman–Crippen MR) is 216 cm³/mol. The third kappa shape index (κ3) is 6.92. The van der Waals surface area contributed by atoms with Gasteiger partial charge in [-0.15, -0.1) is 5.10 Å². The molecular formula is C44H51FN10O. The van der Waals surface area contributed by atoms with E-state index in [1.165, 1.54) is 30.0 Å². The molecule has 1 unspecified atom stereocenters. The number of likely N-dealkylation sites (tertiary alicyclic amines) is 1. The molecule has 12 heteroatoms. The van der Waals surface area contributed by atoms with Crippen molar-refractivity contribution in [3.63, 3.8) is 0 Å². The fraction of sp³-hybridized carbons (Fsp3) is 0.455. The van der Waals surface area contributed by atoms with Gasteiger partial charge in [-0.1, -0.05) is 30.3 Å². The van der Waals surface area contributed by atoms with E-state index in [4.69, 9.17) is 10.1 Å². The number of imidazole rings is 1. The number of nitrogens with one attached hydrogen (secondary N) is 1. The average molecular weight is 755 g/mol. The fourth-order valence-electron chi connectivity index (χ4n) is 9.94. The van der Waals surface area contributed by atoms with E-state index in [-0.39, 0.29) is 17.8 Å². The number of halogens is 1. The summed E-state index contributed by atoms with van der Waals surface area (Å²) in [6.07, 6.45) is 8.47. The van der Waals surface area contributed by atoms with Crippen molar-refractivity contribution in [2.45, 2.75) is 69.7 Å². The Labute approximate surface area is 328 Å². The van der Waals surface area contributed by atoms with Crippen molar-refractivity contribution in [2.24, 2.45) is 0 Å². The van der Waals surface area contributed by atoms with Gasteiger partial charge in [0.05, 0.1) is 17.9 Å². The molecule has 290 valence electrons.